The summed E-state index contributed by atoms with van der Waals surface area (Å²) < 4.78 is 1.80. The van der Waals surface area contributed by atoms with Crippen molar-refractivity contribution < 1.29 is 4.79 Å². The summed E-state index contributed by atoms with van der Waals surface area (Å²) in [5.74, 6) is 1.38. The third kappa shape index (κ3) is 3.76. The maximum atomic E-state index is 11.6. The average molecular weight is 427 g/mol. The number of ketones is 1. The summed E-state index contributed by atoms with van der Waals surface area (Å²) in [5.41, 5.74) is 4.23. The first kappa shape index (κ1) is 19.3. The van der Waals surface area contributed by atoms with Crippen LogP contribution >= 0.6 is 24.2 Å². The maximum absolute atomic E-state index is 11.6. The number of nitrogens with zero attached hydrogens (tertiary/aromatic N) is 4. The number of thiazole rings is 1. The van der Waals surface area contributed by atoms with Gasteiger partial charge in [-0.3, -0.25) is 8.77 Å². The summed E-state index contributed by atoms with van der Waals surface area (Å²) in [7, 11) is 2.19. The van der Waals surface area contributed by atoms with Crippen LogP contribution in [-0.4, -0.2) is 44.8 Å². The van der Waals surface area contributed by atoms with Crippen molar-refractivity contribution in [1.29, 1.82) is 0 Å². The standard InChI is InChI=1S/C22H26N4OS2/c1-25-8-6-15(7-9-25)22-24-20(13-29-22)19-12-26(28)21-18(19)10-16(11-23-21)14-2-4-17(27)5-3-14/h10-15,28H,2-9H2,1H3. The van der Waals surface area contributed by atoms with E-state index in [0.29, 0.717) is 30.5 Å². The molecule has 152 valence electrons. The van der Waals surface area contributed by atoms with Gasteiger partial charge in [0.15, 0.2) is 0 Å². The van der Waals surface area contributed by atoms with Crippen LogP contribution in [0.3, 0.4) is 0 Å². The van der Waals surface area contributed by atoms with Crippen LogP contribution in [0.1, 0.15) is 60.9 Å². The molecule has 4 heterocycles. The molecule has 5 nitrogen and oxygen atoms in total. The van der Waals surface area contributed by atoms with Crippen LogP contribution < -0.4 is 0 Å². The van der Waals surface area contributed by atoms with E-state index in [1.807, 2.05) is 12.4 Å². The molecule has 2 fully saturated rings. The number of rotatable bonds is 3. The van der Waals surface area contributed by atoms with Crippen LogP contribution in [0.5, 0.6) is 0 Å². The molecule has 5 rings (SSSR count). The summed E-state index contributed by atoms with van der Waals surface area (Å²) in [6.07, 6.45) is 9.60. The van der Waals surface area contributed by atoms with Crippen molar-refractivity contribution in [2.45, 2.75) is 50.4 Å². The summed E-state index contributed by atoms with van der Waals surface area (Å²) in [4.78, 5) is 23.7. The highest BCUT2D eigenvalue weighted by Gasteiger charge is 2.24. The number of Topliss-reactive ketones (excluding diaryl/α,β-unsaturated/α-hetero) is 1. The van der Waals surface area contributed by atoms with Gasteiger partial charge in [0.25, 0.3) is 0 Å². The molecule has 1 aliphatic heterocycles. The van der Waals surface area contributed by atoms with Gasteiger partial charge in [0.2, 0.25) is 0 Å². The van der Waals surface area contributed by atoms with Crippen molar-refractivity contribution in [2.24, 2.45) is 0 Å². The minimum absolute atomic E-state index is 0.390. The van der Waals surface area contributed by atoms with Crippen LogP contribution in [0.2, 0.25) is 0 Å². The van der Waals surface area contributed by atoms with Crippen molar-refractivity contribution in [3.05, 3.63) is 34.4 Å². The third-order valence-electron chi connectivity index (χ3n) is 6.53. The number of carbonyl (C=O) groups is 1. The van der Waals surface area contributed by atoms with Gasteiger partial charge in [-0.25, -0.2) is 9.97 Å². The molecule has 1 saturated carbocycles. The number of thiol groups is 1. The molecule has 1 aliphatic carbocycles. The Morgan fingerprint density at radius 1 is 1.14 bits per heavy atom. The van der Waals surface area contributed by atoms with E-state index >= 15 is 0 Å². The highest BCUT2D eigenvalue weighted by atomic mass is 32.1. The Hall–Kier alpha value is -1.70. The second-order valence-electron chi connectivity index (χ2n) is 8.49. The summed E-state index contributed by atoms with van der Waals surface area (Å²) >= 11 is 6.37. The molecule has 2 aliphatic rings. The fraction of sp³-hybridized carbons (Fsp3) is 0.500. The predicted octanol–water partition coefficient (Wildman–Crippen LogP) is 4.89. The van der Waals surface area contributed by atoms with E-state index in [0.717, 1.165) is 48.2 Å². The topological polar surface area (TPSA) is 51.0 Å². The minimum atomic E-state index is 0.390. The zero-order valence-electron chi connectivity index (χ0n) is 16.7. The maximum Gasteiger partial charge on any atom is 0.150 e. The zero-order chi connectivity index (χ0) is 20.0. The number of hydrogen-bond donors (Lipinski definition) is 1. The van der Waals surface area contributed by atoms with Gasteiger partial charge < -0.3 is 4.90 Å². The minimum Gasteiger partial charge on any atom is -0.306 e. The molecule has 0 unspecified atom stereocenters. The van der Waals surface area contributed by atoms with Gasteiger partial charge in [-0.1, -0.05) is 12.8 Å². The number of carbonyl (C=O) groups excluding carboxylic acids is 1. The molecular weight excluding hydrogens is 400 g/mol. The van der Waals surface area contributed by atoms with Gasteiger partial charge in [-0.15, -0.1) is 11.3 Å². The van der Waals surface area contributed by atoms with Crippen LogP contribution in [0.25, 0.3) is 22.3 Å². The Morgan fingerprint density at radius 2 is 1.90 bits per heavy atom. The second-order valence-corrected chi connectivity index (χ2v) is 9.81. The summed E-state index contributed by atoms with van der Waals surface area (Å²) in [6.45, 7) is 2.29. The molecule has 0 atom stereocenters. The lowest BCUT2D eigenvalue weighted by Gasteiger charge is -2.27. The van der Waals surface area contributed by atoms with Crippen LogP contribution in [0.15, 0.2) is 23.8 Å². The van der Waals surface area contributed by atoms with Gasteiger partial charge >= 0.3 is 0 Å². The highest BCUT2D eigenvalue weighted by Crippen LogP contribution is 2.38. The largest absolute Gasteiger partial charge is 0.306 e. The van der Waals surface area contributed by atoms with E-state index in [2.05, 4.69) is 36.2 Å². The van der Waals surface area contributed by atoms with Crippen molar-refractivity contribution >= 4 is 41.0 Å². The molecule has 29 heavy (non-hydrogen) atoms. The number of hydrogen-bond acceptors (Lipinski definition) is 6. The van der Waals surface area contributed by atoms with Crippen LogP contribution in [0, 0.1) is 0 Å². The number of fused-ring (bicyclic) bond motifs is 1. The Balaban J connectivity index is 1.47. The highest BCUT2D eigenvalue weighted by molar-refractivity contribution is 7.78. The molecule has 1 saturated heterocycles. The SMILES string of the molecule is CN1CCC(c2nc(-c3cn(S)c4ncc(C5CCC(=O)CC5)cc34)cs2)CC1. The van der Waals surface area contributed by atoms with Crippen molar-refractivity contribution in [3.63, 3.8) is 0 Å². The molecule has 0 radical (unpaired) electrons. The lowest BCUT2D eigenvalue weighted by molar-refractivity contribution is -0.120. The molecule has 0 amide bonds. The number of likely N-dealkylation sites (tertiary alicyclic amines) is 1. The normalized spacial score (nSPS) is 20.0. The molecule has 0 aromatic carbocycles. The zero-order valence-corrected chi connectivity index (χ0v) is 18.4. The van der Waals surface area contributed by atoms with E-state index in [9.17, 15) is 4.79 Å². The second kappa shape index (κ2) is 7.85. The fourth-order valence-corrected chi connectivity index (χ4v) is 5.93. The fourth-order valence-electron chi connectivity index (χ4n) is 4.66. The van der Waals surface area contributed by atoms with Gasteiger partial charge in [0.05, 0.1) is 10.7 Å². The third-order valence-corrected chi connectivity index (χ3v) is 7.84. The molecule has 3 aromatic rings. The predicted molar refractivity (Wildman–Crippen MR) is 121 cm³/mol. The van der Waals surface area contributed by atoms with E-state index in [4.69, 9.17) is 9.97 Å². The molecule has 7 heteroatoms. The Bertz CT molecular complexity index is 1040. The first-order chi connectivity index (χ1) is 14.1. The average Bonchev–Trinajstić information content (AvgIpc) is 3.34. The first-order valence-electron chi connectivity index (χ1n) is 10.4. The van der Waals surface area contributed by atoms with E-state index in [1.165, 1.54) is 23.4 Å². The molecule has 0 N–H and O–H groups in total. The van der Waals surface area contributed by atoms with Crippen LogP contribution in [0.4, 0.5) is 0 Å². The molecular formula is C22H26N4OS2. The van der Waals surface area contributed by atoms with E-state index < -0.39 is 0 Å². The molecule has 0 bridgehead atoms. The Labute approximate surface area is 180 Å². The Morgan fingerprint density at radius 3 is 2.66 bits per heavy atom. The van der Waals surface area contributed by atoms with E-state index in [1.54, 1.807) is 15.3 Å². The summed E-state index contributed by atoms with van der Waals surface area (Å²) in [6, 6.07) is 2.25. The van der Waals surface area contributed by atoms with Gasteiger partial charge in [0, 0.05) is 47.5 Å². The monoisotopic (exact) mass is 426 g/mol. The van der Waals surface area contributed by atoms with E-state index in [-0.39, 0.29) is 0 Å². The number of pyridine rings is 1. The van der Waals surface area contributed by atoms with Gasteiger partial charge in [0.1, 0.15) is 11.4 Å². The number of piperidine rings is 1. The number of aromatic nitrogens is 3. The van der Waals surface area contributed by atoms with Crippen molar-refractivity contribution in [3.8, 4) is 11.3 Å². The van der Waals surface area contributed by atoms with Crippen LogP contribution in [-0.2, 0) is 4.79 Å². The van der Waals surface area contributed by atoms with Crippen molar-refractivity contribution in [1.82, 2.24) is 18.8 Å². The lowest BCUT2D eigenvalue weighted by Crippen LogP contribution is -2.29. The molecule has 3 aromatic heterocycles. The summed E-state index contributed by atoms with van der Waals surface area (Å²) in [5, 5.41) is 4.54. The lowest BCUT2D eigenvalue weighted by atomic mass is 9.84. The van der Waals surface area contributed by atoms with Gasteiger partial charge in [-0.2, -0.15) is 0 Å². The van der Waals surface area contributed by atoms with Gasteiger partial charge in [-0.05, 0) is 63.4 Å². The quantitative estimate of drug-likeness (QED) is 0.606. The Kier molecular flexibility index (Phi) is 5.22. The van der Waals surface area contributed by atoms with Crippen molar-refractivity contribution in [2.75, 3.05) is 20.1 Å². The first-order valence-corrected chi connectivity index (χ1v) is 11.7. The molecule has 0 spiro atoms. The smallest absolute Gasteiger partial charge is 0.150 e.